The first-order valence-corrected chi connectivity index (χ1v) is 11.9. The number of aliphatic hydroxyl groups is 1. The lowest BCUT2D eigenvalue weighted by atomic mass is 9.95. The minimum absolute atomic E-state index is 0.105. The Morgan fingerprint density at radius 2 is 2.00 bits per heavy atom. The van der Waals surface area contributed by atoms with Gasteiger partial charge in [0.1, 0.15) is 5.75 Å². The minimum Gasteiger partial charge on any atom is -0.512 e. The highest BCUT2D eigenvalue weighted by Crippen LogP contribution is 2.29. The van der Waals surface area contributed by atoms with Crippen molar-refractivity contribution >= 4 is 17.4 Å². The molecule has 1 aromatic carbocycles. The number of ether oxygens (including phenoxy) is 1. The number of likely N-dealkylation sites (tertiary alicyclic amines) is 1. The first-order valence-electron chi connectivity index (χ1n) is 11.9. The smallest absolute Gasteiger partial charge is 0.345 e. The molecule has 184 valence electrons. The number of hydrogen-bond acceptors (Lipinski definition) is 6. The van der Waals surface area contributed by atoms with Gasteiger partial charge in [0.05, 0.1) is 17.1 Å². The van der Waals surface area contributed by atoms with Gasteiger partial charge in [-0.3, -0.25) is 9.59 Å². The normalized spacial score (nSPS) is 15.9. The zero-order valence-corrected chi connectivity index (χ0v) is 19.8. The van der Waals surface area contributed by atoms with Gasteiger partial charge in [-0.2, -0.15) is 4.98 Å². The van der Waals surface area contributed by atoms with Crippen LogP contribution in [0.15, 0.2) is 52.5 Å². The quantitative estimate of drug-likeness (QED) is 0.476. The third-order valence-corrected chi connectivity index (χ3v) is 6.18. The van der Waals surface area contributed by atoms with Crippen LogP contribution in [0.25, 0.3) is 16.8 Å². The van der Waals surface area contributed by atoms with Crippen molar-refractivity contribution in [2.45, 2.75) is 39.0 Å². The summed E-state index contributed by atoms with van der Waals surface area (Å²) in [4.78, 5) is 44.5. The SMILES string of the molecule is CC1=C(O)CCC(c2cc(-c3ccc(OCC(=O)NCCCN4CCCC4=O)cc3)[nH]c(=O)n2)=C1. The van der Waals surface area contributed by atoms with Gasteiger partial charge >= 0.3 is 5.69 Å². The van der Waals surface area contributed by atoms with Crippen molar-refractivity contribution in [1.82, 2.24) is 20.2 Å². The number of rotatable bonds is 9. The molecule has 0 bridgehead atoms. The van der Waals surface area contributed by atoms with Crippen molar-refractivity contribution < 1.29 is 19.4 Å². The molecule has 3 N–H and O–H groups in total. The average molecular weight is 479 g/mol. The number of amides is 2. The summed E-state index contributed by atoms with van der Waals surface area (Å²) in [6.07, 6.45) is 5.25. The number of nitrogens with one attached hydrogen (secondary N) is 2. The van der Waals surface area contributed by atoms with E-state index in [9.17, 15) is 19.5 Å². The Bertz CT molecular complexity index is 1210. The highest BCUT2D eigenvalue weighted by Gasteiger charge is 2.19. The van der Waals surface area contributed by atoms with Crippen LogP contribution in [0.2, 0.25) is 0 Å². The number of nitrogens with zero attached hydrogens (tertiary/aromatic N) is 2. The lowest BCUT2D eigenvalue weighted by Crippen LogP contribution is -2.33. The molecular weight excluding hydrogens is 448 g/mol. The number of carbonyl (C=O) groups is 2. The van der Waals surface area contributed by atoms with Crippen LogP contribution in [0.3, 0.4) is 0 Å². The lowest BCUT2D eigenvalue weighted by Gasteiger charge is -2.15. The second-order valence-electron chi connectivity index (χ2n) is 8.79. The van der Waals surface area contributed by atoms with E-state index in [1.807, 2.05) is 36.1 Å². The number of carbonyl (C=O) groups excluding carboxylic acids is 2. The standard InChI is InChI=1S/C26H30N4O5/c1-17-14-19(7-10-23(17)31)22-15-21(28-26(34)29-22)18-5-8-20(9-6-18)35-16-24(32)27-11-3-13-30-12-2-4-25(30)33/h5-6,8-9,14-15,31H,2-4,7,10-13,16H2,1H3,(H,27,32)(H,28,29,34). The molecule has 0 spiro atoms. The molecule has 1 aromatic heterocycles. The first kappa shape index (κ1) is 24.3. The summed E-state index contributed by atoms with van der Waals surface area (Å²) >= 11 is 0. The van der Waals surface area contributed by atoms with Gasteiger partial charge in [0.25, 0.3) is 5.91 Å². The van der Waals surface area contributed by atoms with Crippen LogP contribution in [0, 0.1) is 0 Å². The Balaban J connectivity index is 1.30. The molecule has 1 saturated heterocycles. The summed E-state index contributed by atoms with van der Waals surface area (Å²) in [5.41, 5.74) is 3.24. The minimum atomic E-state index is -0.444. The highest BCUT2D eigenvalue weighted by atomic mass is 16.5. The van der Waals surface area contributed by atoms with E-state index in [2.05, 4.69) is 15.3 Å². The molecular formula is C26H30N4O5. The largest absolute Gasteiger partial charge is 0.512 e. The predicted molar refractivity (Wildman–Crippen MR) is 132 cm³/mol. The molecule has 2 amide bonds. The molecule has 1 fully saturated rings. The molecule has 2 aliphatic rings. The number of aromatic nitrogens is 2. The fraction of sp³-hybridized carbons (Fsp3) is 0.385. The fourth-order valence-electron chi connectivity index (χ4n) is 4.22. The van der Waals surface area contributed by atoms with Crippen molar-refractivity contribution in [2.75, 3.05) is 26.2 Å². The Kier molecular flexibility index (Phi) is 7.64. The Labute approximate surface area is 203 Å². The van der Waals surface area contributed by atoms with E-state index in [1.54, 1.807) is 12.1 Å². The van der Waals surface area contributed by atoms with Crippen LogP contribution in [0.1, 0.15) is 44.7 Å². The number of allylic oxidation sites excluding steroid dienone is 4. The van der Waals surface area contributed by atoms with E-state index >= 15 is 0 Å². The van der Waals surface area contributed by atoms with Gasteiger partial charge in [-0.15, -0.1) is 0 Å². The van der Waals surface area contributed by atoms with E-state index in [1.165, 1.54) is 0 Å². The topological polar surface area (TPSA) is 125 Å². The van der Waals surface area contributed by atoms with Crippen molar-refractivity contribution in [3.63, 3.8) is 0 Å². The van der Waals surface area contributed by atoms with Crippen molar-refractivity contribution in [3.8, 4) is 17.0 Å². The van der Waals surface area contributed by atoms with Crippen LogP contribution in [0.4, 0.5) is 0 Å². The van der Waals surface area contributed by atoms with Crippen LogP contribution in [-0.4, -0.2) is 58.0 Å². The first-order chi connectivity index (χ1) is 16.9. The highest BCUT2D eigenvalue weighted by molar-refractivity contribution is 5.78. The summed E-state index contributed by atoms with van der Waals surface area (Å²) in [6, 6.07) is 8.92. The Hall–Kier alpha value is -3.88. The third-order valence-electron chi connectivity index (χ3n) is 6.18. The van der Waals surface area contributed by atoms with Crippen molar-refractivity contribution in [1.29, 1.82) is 0 Å². The zero-order valence-electron chi connectivity index (χ0n) is 19.8. The molecule has 1 aliphatic carbocycles. The summed E-state index contributed by atoms with van der Waals surface area (Å²) in [7, 11) is 0. The zero-order chi connectivity index (χ0) is 24.8. The Morgan fingerprint density at radius 1 is 1.20 bits per heavy atom. The van der Waals surface area contributed by atoms with Crippen LogP contribution in [0.5, 0.6) is 5.75 Å². The van der Waals surface area contributed by atoms with Crippen LogP contribution < -0.4 is 15.7 Å². The van der Waals surface area contributed by atoms with Gasteiger partial charge in [-0.05, 0) is 73.2 Å². The molecule has 0 atom stereocenters. The number of H-pyrrole nitrogens is 1. The molecule has 0 unspecified atom stereocenters. The Morgan fingerprint density at radius 3 is 2.71 bits per heavy atom. The average Bonchev–Trinajstić information content (AvgIpc) is 3.26. The molecule has 1 aliphatic heterocycles. The molecule has 2 heterocycles. The van der Waals surface area contributed by atoms with E-state index in [-0.39, 0.29) is 18.4 Å². The summed E-state index contributed by atoms with van der Waals surface area (Å²) in [6.45, 7) is 3.69. The monoisotopic (exact) mass is 478 g/mol. The van der Waals surface area contributed by atoms with E-state index in [0.29, 0.717) is 61.7 Å². The number of aliphatic hydroxyl groups excluding tert-OH is 1. The van der Waals surface area contributed by atoms with Gasteiger partial charge < -0.3 is 25.0 Å². The van der Waals surface area contributed by atoms with E-state index in [4.69, 9.17) is 4.74 Å². The van der Waals surface area contributed by atoms with Crippen molar-refractivity contribution in [3.05, 3.63) is 63.9 Å². The predicted octanol–water partition coefficient (Wildman–Crippen LogP) is 2.95. The molecule has 9 nitrogen and oxygen atoms in total. The molecule has 35 heavy (non-hydrogen) atoms. The number of benzene rings is 1. The molecule has 0 radical (unpaired) electrons. The van der Waals surface area contributed by atoms with E-state index < -0.39 is 5.69 Å². The molecule has 4 rings (SSSR count). The van der Waals surface area contributed by atoms with Crippen LogP contribution in [-0.2, 0) is 9.59 Å². The maximum atomic E-state index is 12.2. The lowest BCUT2D eigenvalue weighted by molar-refractivity contribution is -0.127. The molecule has 2 aromatic rings. The summed E-state index contributed by atoms with van der Waals surface area (Å²) in [5.74, 6) is 0.867. The van der Waals surface area contributed by atoms with Gasteiger partial charge in [0.2, 0.25) is 5.91 Å². The van der Waals surface area contributed by atoms with Crippen molar-refractivity contribution in [2.24, 2.45) is 0 Å². The van der Waals surface area contributed by atoms with Gasteiger partial charge in [-0.1, -0.05) is 6.08 Å². The third kappa shape index (κ3) is 6.38. The fourth-order valence-corrected chi connectivity index (χ4v) is 4.22. The second kappa shape index (κ2) is 11.0. The number of aromatic amines is 1. The second-order valence-corrected chi connectivity index (χ2v) is 8.79. The van der Waals surface area contributed by atoms with E-state index in [0.717, 1.165) is 29.7 Å². The maximum absolute atomic E-state index is 12.2. The molecule has 0 saturated carbocycles. The van der Waals surface area contributed by atoms with Gasteiger partial charge in [-0.25, -0.2) is 4.79 Å². The summed E-state index contributed by atoms with van der Waals surface area (Å²) < 4.78 is 5.57. The summed E-state index contributed by atoms with van der Waals surface area (Å²) in [5, 5.41) is 12.6. The van der Waals surface area contributed by atoms with Crippen LogP contribution >= 0.6 is 0 Å². The van der Waals surface area contributed by atoms with Gasteiger partial charge in [0, 0.05) is 32.5 Å². The number of hydrogen-bond donors (Lipinski definition) is 3. The maximum Gasteiger partial charge on any atom is 0.345 e. The molecule has 9 heteroatoms. The van der Waals surface area contributed by atoms with Gasteiger partial charge in [0.15, 0.2) is 6.61 Å².